The van der Waals surface area contributed by atoms with Crippen LogP contribution in [0.4, 0.5) is 0 Å². The van der Waals surface area contributed by atoms with Gasteiger partial charge in [0.1, 0.15) is 0 Å². The van der Waals surface area contributed by atoms with Gasteiger partial charge in [0.05, 0.1) is 12.4 Å². The van der Waals surface area contributed by atoms with E-state index in [0.717, 1.165) is 23.7 Å². The highest BCUT2D eigenvalue weighted by molar-refractivity contribution is 5.37. The number of pyridine rings is 1. The number of imidazole rings is 1. The number of nitrogens with one attached hydrogen (secondary N) is 1. The molecule has 0 fully saturated rings. The Morgan fingerprint density at radius 1 is 1.04 bits per heavy atom. The molecule has 1 N–H and O–H groups in total. The third-order valence-corrected chi connectivity index (χ3v) is 4.08. The van der Waals surface area contributed by atoms with Crippen LogP contribution in [0.2, 0.25) is 0 Å². The number of hydrogen-bond acceptors (Lipinski definition) is 4. The highest BCUT2D eigenvalue weighted by Crippen LogP contribution is 2.14. The first-order chi connectivity index (χ1) is 11.8. The molecule has 0 saturated heterocycles. The van der Waals surface area contributed by atoms with Gasteiger partial charge in [0.15, 0.2) is 11.5 Å². The summed E-state index contributed by atoms with van der Waals surface area (Å²) in [7, 11) is 0. The second-order valence-corrected chi connectivity index (χ2v) is 5.73. The molecule has 1 unspecified atom stereocenters. The van der Waals surface area contributed by atoms with Gasteiger partial charge in [-0.3, -0.25) is 4.40 Å². The Hall–Kier alpha value is -2.99. The highest BCUT2D eigenvalue weighted by Gasteiger charge is 2.12. The molecule has 24 heavy (non-hydrogen) atoms. The molecule has 4 rings (SSSR count). The fraction of sp³-hybridized carbons (Fsp3) is 0.167. The van der Waals surface area contributed by atoms with Crippen LogP contribution in [0.5, 0.6) is 0 Å². The Morgan fingerprint density at radius 3 is 2.71 bits per heavy atom. The summed E-state index contributed by atoms with van der Waals surface area (Å²) in [5.74, 6) is 0.917. The van der Waals surface area contributed by atoms with Crippen molar-refractivity contribution in [2.24, 2.45) is 0 Å². The van der Waals surface area contributed by atoms with E-state index in [0.29, 0.717) is 0 Å². The van der Waals surface area contributed by atoms with Crippen molar-refractivity contribution in [3.05, 3.63) is 78.8 Å². The number of fused-ring (bicyclic) bond motifs is 1. The van der Waals surface area contributed by atoms with Crippen molar-refractivity contribution in [3.8, 4) is 5.69 Å². The van der Waals surface area contributed by atoms with Gasteiger partial charge in [0.25, 0.3) is 0 Å². The van der Waals surface area contributed by atoms with Gasteiger partial charge in [-0.2, -0.15) is 0 Å². The van der Waals surface area contributed by atoms with Crippen molar-refractivity contribution in [2.45, 2.75) is 19.5 Å². The summed E-state index contributed by atoms with van der Waals surface area (Å²) in [6.07, 6.45) is 7.50. The fourth-order valence-electron chi connectivity index (χ4n) is 2.72. The van der Waals surface area contributed by atoms with Gasteiger partial charge in [-0.05, 0) is 36.8 Å². The summed E-state index contributed by atoms with van der Waals surface area (Å²) < 4.78 is 4.00. The Labute approximate surface area is 139 Å². The van der Waals surface area contributed by atoms with Crippen LogP contribution in [0.3, 0.4) is 0 Å². The van der Waals surface area contributed by atoms with Gasteiger partial charge in [0, 0.05) is 30.8 Å². The first-order valence-corrected chi connectivity index (χ1v) is 7.91. The summed E-state index contributed by atoms with van der Waals surface area (Å²) in [6, 6.07) is 14.4. The lowest BCUT2D eigenvalue weighted by Crippen LogP contribution is -2.20. The summed E-state index contributed by atoms with van der Waals surface area (Å²) in [5, 5.41) is 12.0. The largest absolute Gasteiger partial charge is 0.306 e. The van der Waals surface area contributed by atoms with Gasteiger partial charge in [-0.15, -0.1) is 10.2 Å². The maximum Gasteiger partial charge on any atom is 0.160 e. The predicted octanol–water partition coefficient (Wildman–Crippen LogP) is 2.77. The van der Waals surface area contributed by atoms with Crippen molar-refractivity contribution in [1.29, 1.82) is 0 Å². The van der Waals surface area contributed by atoms with Crippen molar-refractivity contribution < 1.29 is 0 Å². The van der Waals surface area contributed by atoms with Crippen molar-refractivity contribution in [1.82, 2.24) is 29.5 Å². The highest BCUT2D eigenvalue weighted by atomic mass is 15.3. The molecule has 6 nitrogen and oxygen atoms in total. The SMILES string of the molecule is CC(NCc1ccc(-n2ccnc2)cc1)c1nnc2ccccn12. The van der Waals surface area contributed by atoms with E-state index in [4.69, 9.17) is 0 Å². The summed E-state index contributed by atoms with van der Waals surface area (Å²) in [4.78, 5) is 4.07. The molecule has 0 saturated carbocycles. The summed E-state index contributed by atoms with van der Waals surface area (Å²) >= 11 is 0. The molecule has 1 atom stereocenters. The average molecular weight is 318 g/mol. The number of benzene rings is 1. The van der Waals surface area contributed by atoms with Crippen molar-refractivity contribution in [3.63, 3.8) is 0 Å². The van der Waals surface area contributed by atoms with Crippen molar-refractivity contribution >= 4 is 5.65 Å². The first-order valence-electron chi connectivity index (χ1n) is 7.91. The molecule has 4 aromatic rings. The predicted molar refractivity (Wildman–Crippen MR) is 91.8 cm³/mol. The van der Waals surface area contributed by atoms with E-state index in [2.05, 4.69) is 51.7 Å². The smallest absolute Gasteiger partial charge is 0.160 e. The lowest BCUT2D eigenvalue weighted by atomic mass is 10.2. The Morgan fingerprint density at radius 2 is 1.92 bits per heavy atom. The minimum atomic E-state index is 0.107. The zero-order chi connectivity index (χ0) is 16.4. The van der Waals surface area contributed by atoms with Crippen LogP contribution in [0, 0.1) is 0 Å². The van der Waals surface area contributed by atoms with Crippen LogP contribution in [-0.2, 0) is 6.54 Å². The molecule has 0 amide bonds. The lowest BCUT2D eigenvalue weighted by molar-refractivity contribution is 0.541. The van der Waals surface area contributed by atoms with E-state index in [9.17, 15) is 0 Å². The van der Waals surface area contributed by atoms with Gasteiger partial charge >= 0.3 is 0 Å². The summed E-state index contributed by atoms with van der Waals surface area (Å²) in [6.45, 7) is 2.87. The van der Waals surface area contributed by atoms with E-state index < -0.39 is 0 Å². The van der Waals surface area contributed by atoms with Gasteiger partial charge in [-0.1, -0.05) is 18.2 Å². The molecule has 3 aromatic heterocycles. The monoisotopic (exact) mass is 318 g/mol. The summed E-state index contributed by atoms with van der Waals surface area (Å²) in [5.41, 5.74) is 3.19. The minimum absolute atomic E-state index is 0.107. The third kappa shape index (κ3) is 2.79. The second kappa shape index (κ2) is 6.25. The van der Waals surface area contributed by atoms with E-state index in [1.165, 1.54) is 5.56 Å². The average Bonchev–Trinajstić information content (AvgIpc) is 3.30. The third-order valence-electron chi connectivity index (χ3n) is 4.08. The van der Waals surface area contributed by atoms with E-state index in [1.807, 2.05) is 39.6 Å². The van der Waals surface area contributed by atoms with Crippen LogP contribution in [0.1, 0.15) is 24.4 Å². The van der Waals surface area contributed by atoms with Crippen LogP contribution >= 0.6 is 0 Å². The molecule has 0 aliphatic rings. The molecule has 1 aromatic carbocycles. The molecule has 0 spiro atoms. The Bertz CT molecular complexity index is 924. The minimum Gasteiger partial charge on any atom is -0.306 e. The molecular formula is C18H18N6. The second-order valence-electron chi connectivity index (χ2n) is 5.73. The molecular weight excluding hydrogens is 300 g/mol. The Kier molecular flexibility index (Phi) is 3.80. The number of rotatable bonds is 5. The van der Waals surface area contributed by atoms with Gasteiger partial charge < -0.3 is 9.88 Å². The lowest BCUT2D eigenvalue weighted by Gasteiger charge is -2.12. The molecule has 0 aliphatic heterocycles. The molecule has 6 heteroatoms. The molecule has 120 valence electrons. The topological polar surface area (TPSA) is 60.0 Å². The zero-order valence-corrected chi connectivity index (χ0v) is 13.4. The molecule has 0 bridgehead atoms. The number of hydrogen-bond donors (Lipinski definition) is 1. The van der Waals surface area contributed by atoms with Crippen molar-refractivity contribution in [2.75, 3.05) is 0 Å². The van der Waals surface area contributed by atoms with Gasteiger partial charge in [-0.25, -0.2) is 4.98 Å². The van der Waals surface area contributed by atoms with Crippen LogP contribution in [-0.4, -0.2) is 24.1 Å². The van der Waals surface area contributed by atoms with E-state index in [1.54, 1.807) is 12.5 Å². The quantitative estimate of drug-likeness (QED) is 0.615. The van der Waals surface area contributed by atoms with Gasteiger partial charge in [0.2, 0.25) is 0 Å². The first kappa shape index (κ1) is 14.6. The van der Waals surface area contributed by atoms with E-state index in [-0.39, 0.29) is 6.04 Å². The van der Waals surface area contributed by atoms with Crippen LogP contribution in [0.15, 0.2) is 67.4 Å². The molecule has 0 aliphatic carbocycles. The van der Waals surface area contributed by atoms with Crippen LogP contribution in [0.25, 0.3) is 11.3 Å². The number of nitrogens with zero attached hydrogens (tertiary/aromatic N) is 5. The van der Waals surface area contributed by atoms with Crippen LogP contribution < -0.4 is 5.32 Å². The van der Waals surface area contributed by atoms with E-state index >= 15 is 0 Å². The molecule has 0 radical (unpaired) electrons. The zero-order valence-electron chi connectivity index (χ0n) is 13.4. The maximum atomic E-state index is 4.30. The normalized spacial score (nSPS) is 12.5. The molecule has 3 heterocycles. The number of aromatic nitrogens is 5. The standard InChI is InChI=1S/C18H18N6/c1-14(18-22-21-17-4-2-3-10-24(17)18)20-12-15-5-7-16(8-6-15)23-11-9-19-13-23/h2-11,13-14,20H,12H2,1H3. The maximum absolute atomic E-state index is 4.30. The Balaban J connectivity index is 1.44. The fourth-order valence-corrected chi connectivity index (χ4v) is 2.72.